The van der Waals surface area contributed by atoms with Crippen LogP contribution in [0.15, 0.2) is 12.5 Å². The lowest BCUT2D eigenvalue weighted by molar-refractivity contribution is 0.180. The minimum Gasteiger partial charge on any atom is -0.381 e. The van der Waals surface area contributed by atoms with Crippen LogP contribution in [0.3, 0.4) is 0 Å². The molecule has 2 aliphatic rings. The smallest absolute Gasteiger partial charge is 0.0949 e. The number of aromatic nitrogens is 2. The number of rotatable bonds is 6. The lowest BCUT2D eigenvalue weighted by Gasteiger charge is -2.25. The van der Waals surface area contributed by atoms with E-state index in [0.29, 0.717) is 5.92 Å². The largest absolute Gasteiger partial charge is 0.381 e. The van der Waals surface area contributed by atoms with Crippen LogP contribution in [0, 0.1) is 5.92 Å². The lowest BCUT2D eigenvalue weighted by atomic mass is 9.97. The summed E-state index contributed by atoms with van der Waals surface area (Å²) < 4.78 is 7.69. The lowest BCUT2D eigenvalue weighted by Crippen LogP contribution is -2.33. The van der Waals surface area contributed by atoms with Gasteiger partial charge in [-0.3, -0.25) is 0 Å². The van der Waals surface area contributed by atoms with Gasteiger partial charge >= 0.3 is 0 Å². The second kappa shape index (κ2) is 6.90. The van der Waals surface area contributed by atoms with Crippen molar-refractivity contribution in [3.8, 4) is 0 Å². The molecular weight excluding hydrogens is 264 g/mol. The minimum atomic E-state index is 0.0480. The van der Waals surface area contributed by atoms with Gasteiger partial charge in [-0.15, -0.1) is 0 Å². The van der Waals surface area contributed by atoms with Gasteiger partial charge in [-0.2, -0.15) is 0 Å². The Morgan fingerprint density at radius 2 is 2.24 bits per heavy atom. The molecule has 0 radical (unpaired) electrons. The first kappa shape index (κ1) is 15.0. The fourth-order valence-electron chi connectivity index (χ4n) is 3.67. The maximum absolute atomic E-state index is 6.42. The highest BCUT2D eigenvalue weighted by Crippen LogP contribution is 2.27. The molecule has 1 aliphatic heterocycles. The van der Waals surface area contributed by atoms with E-state index in [9.17, 15) is 0 Å². The fourth-order valence-corrected chi connectivity index (χ4v) is 3.67. The molecular formula is C16H28N4O. The van der Waals surface area contributed by atoms with Gasteiger partial charge in [0, 0.05) is 37.9 Å². The molecule has 21 heavy (non-hydrogen) atoms. The molecule has 2 atom stereocenters. The Morgan fingerprint density at radius 1 is 1.43 bits per heavy atom. The number of hydrogen-bond donors (Lipinski definition) is 1. The van der Waals surface area contributed by atoms with Crippen molar-refractivity contribution in [2.45, 2.75) is 50.7 Å². The van der Waals surface area contributed by atoms with Crippen LogP contribution < -0.4 is 5.73 Å². The maximum atomic E-state index is 6.42. The first-order valence-electron chi connectivity index (χ1n) is 8.29. The Kier molecular flexibility index (Phi) is 4.93. The van der Waals surface area contributed by atoms with Crippen molar-refractivity contribution in [1.82, 2.24) is 14.5 Å². The van der Waals surface area contributed by atoms with Crippen LogP contribution in [0.4, 0.5) is 0 Å². The van der Waals surface area contributed by atoms with Crippen molar-refractivity contribution < 1.29 is 4.74 Å². The van der Waals surface area contributed by atoms with Gasteiger partial charge in [0.1, 0.15) is 0 Å². The van der Waals surface area contributed by atoms with Crippen molar-refractivity contribution in [1.29, 1.82) is 0 Å². The van der Waals surface area contributed by atoms with Crippen LogP contribution in [0.2, 0.25) is 0 Å². The van der Waals surface area contributed by atoms with Crippen LogP contribution in [-0.2, 0) is 11.3 Å². The summed E-state index contributed by atoms with van der Waals surface area (Å²) in [5.41, 5.74) is 7.58. The Balaban J connectivity index is 1.57. The SMILES string of the molecule is CN(CCn1cncc1C(N)C1CCOC1)C1CCCC1. The first-order chi connectivity index (χ1) is 10.3. The van der Waals surface area contributed by atoms with Gasteiger partial charge in [0.25, 0.3) is 0 Å². The fraction of sp³-hybridized carbons (Fsp3) is 0.812. The van der Waals surface area contributed by atoms with Gasteiger partial charge in [0.2, 0.25) is 0 Å². The highest BCUT2D eigenvalue weighted by molar-refractivity contribution is 5.07. The minimum absolute atomic E-state index is 0.0480. The van der Waals surface area contributed by atoms with Gasteiger partial charge in [-0.25, -0.2) is 4.98 Å². The number of ether oxygens (including phenoxy) is 1. The molecule has 1 aliphatic carbocycles. The highest BCUT2D eigenvalue weighted by Gasteiger charge is 2.26. The van der Waals surface area contributed by atoms with Crippen LogP contribution in [-0.4, -0.2) is 47.3 Å². The molecule has 1 saturated carbocycles. The van der Waals surface area contributed by atoms with Crippen molar-refractivity contribution in [2.75, 3.05) is 26.8 Å². The zero-order chi connectivity index (χ0) is 14.7. The third-order valence-electron chi connectivity index (χ3n) is 5.20. The van der Waals surface area contributed by atoms with Gasteiger partial charge < -0.3 is 19.9 Å². The molecule has 5 nitrogen and oxygen atoms in total. The Hall–Kier alpha value is -0.910. The molecule has 1 aromatic rings. The summed E-state index contributed by atoms with van der Waals surface area (Å²) in [4.78, 5) is 6.81. The third kappa shape index (κ3) is 3.47. The summed E-state index contributed by atoms with van der Waals surface area (Å²) in [6, 6.07) is 0.820. The third-order valence-corrected chi connectivity index (χ3v) is 5.20. The molecule has 3 rings (SSSR count). The van der Waals surface area contributed by atoms with E-state index in [2.05, 4.69) is 21.5 Å². The Labute approximate surface area is 127 Å². The maximum Gasteiger partial charge on any atom is 0.0949 e. The zero-order valence-corrected chi connectivity index (χ0v) is 13.1. The van der Waals surface area contributed by atoms with E-state index >= 15 is 0 Å². The molecule has 0 amide bonds. The number of hydrogen-bond acceptors (Lipinski definition) is 4. The average molecular weight is 292 g/mol. The molecule has 1 saturated heterocycles. The van der Waals surface area contributed by atoms with Gasteiger partial charge in [-0.05, 0) is 26.3 Å². The van der Waals surface area contributed by atoms with Crippen molar-refractivity contribution in [3.63, 3.8) is 0 Å². The normalized spacial score (nSPS) is 25.0. The molecule has 118 valence electrons. The number of imidazole rings is 1. The van der Waals surface area contributed by atoms with E-state index in [1.165, 1.54) is 25.7 Å². The quantitative estimate of drug-likeness (QED) is 0.868. The Bertz CT molecular complexity index is 435. The summed E-state index contributed by atoms with van der Waals surface area (Å²) in [6.07, 6.45) is 10.4. The van der Waals surface area contributed by atoms with Crippen LogP contribution in [0.5, 0.6) is 0 Å². The van der Waals surface area contributed by atoms with Crippen molar-refractivity contribution >= 4 is 0 Å². The summed E-state index contributed by atoms with van der Waals surface area (Å²) in [5, 5.41) is 0. The number of likely N-dealkylation sites (N-methyl/N-ethyl adjacent to an activating group) is 1. The second-order valence-electron chi connectivity index (χ2n) is 6.58. The molecule has 1 aromatic heterocycles. The van der Waals surface area contributed by atoms with Gasteiger partial charge in [0.15, 0.2) is 0 Å². The van der Waals surface area contributed by atoms with Crippen molar-refractivity contribution in [3.05, 3.63) is 18.2 Å². The molecule has 2 heterocycles. The van der Waals surface area contributed by atoms with Gasteiger partial charge in [-0.1, -0.05) is 12.8 Å². The number of nitrogens with two attached hydrogens (primary N) is 1. The zero-order valence-electron chi connectivity index (χ0n) is 13.1. The topological polar surface area (TPSA) is 56.3 Å². The summed E-state index contributed by atoms with van der Waals surface area (Å²) >= 11 is 0. The molecule has 2 N–H and O–H groups in total. The molecule has 0 bridgehead atoms. The van der Waals surface area contributed by atoms with Crippen LogP contribution >= 0.6 is 0 Å². The van der Waals surface area contributed by atoms with E-state index in [4.69, 9.17) is 10.5 Å². The molecule has 5 heteroatoms. The molecule has 2 unspecified atom stereocenters. The van der Waals surface area contributed by atoms with E-state index in [-0.39, 0.29) is 6.04 Å². The standard InChI is InChI=1S/C16H28N4O/c1-19(14-4-2-3-5-14)7-8-20-12-18-10-15(20)16(17)13-6-9-21-11-13/h10,12-14,16H,2-9,11,17H2,1H3. The van der Waals surface area contributed by atoms with Crippen molar-refractivity contribution in [2.24, 2.45) is 11.7 Å². The second-order valence-corrected chi connectivity index (χ2v) is 6.58. The van der Waals surface area contributed by atoms with E-state index in [1.54, 1.807) is 0 Å². The van der Waals surface area contributed by atoms with E-state index in [0.717, 1.165) is 44.5 Å². The van der Waals surface area contributed by atoms with E-state index < -0.39 is 0 Å². The first-order valence-corrected chi connectivity index (χ1v) is 8.29. The van der Waals surface area contributed by atoms with Gasteiger partial charge in [0.05, 0.1) is 24.7 Å². The predicted molar refractivity (Wildman–Crippen MR) is 83.0 cm³/mol. The number of nitrogens with zero attached hydrogens (tertiary/aromatic N) is 3. The monoisotopic (exact) mass is 292 g/mol. The molecule has 0 spiro atoms. The summed E-state index contributed by atoms with van der Waals surface area (Å²) in [6.45, 7) is 3.68. The Morgan fingerprint density at radius 3 is 2.95 bits per heavy atom. The van der Waals surface area contributed by atoms with E-state index in [1.807, 2.05) is 12.5 Å². The average Bonchev–Trinajstić information content (AvgIpc) is 3.26. The highest BCUT2D eigenvalue weighted by atomic mass is 16.5. The predicted octanol–water partition coefficient (Wildman–Crippen LogP) is 1.79. The van der Waals surface area contributed by atoms with Crippen LogP contribution in [0.1, 0.15) is 43.8 Å². The van der Waals surface area contributed by atoms with Crippen LogP contribution in [0.25, 0.3) is 0 Å². The molecule has 0 aromatic carbocycles. The summed E-state index contributed by atoms with van der Waals surface area (Å²) in [5.74, 6) is 0.438. The molecule has 2 fully saturated rings. The summed E-state index contributed by atoms with van der Waals surface area (Å²) in [7, 11) is 2.25.